The summed E-state index contributed by atoms with van der Waals surface area (Å²) in [5, 5.41) is 22.3. The molecule has 2 unspecified atom stereocenters. The van der Waals surface area contributed by atoms with Crippen molar-refractivity contribution in [3.8, 4) is 0 Å². The Morgan fingerprint density at radius 3 is 2.61 bits per heavy atom. The summed E-state index contributed by atoms with van der Waals surface area (Å²) in [5.41, 5.74) is -0.171. The highest BCUT2D eigenvalue weighted by atomic mass is 16.6. The lowest BCUT2D eigenvalue weighted by Gasteiger charge is -2.11. The zero-order valence-electron chi connectivity index (χ0n) is 9.44. The average molecular weight is 252 g/mol. The Labute approximate surface area is 102 Å². The van der Waals surface area contributed by atoms with Gasteiger partial charge in [0, 0.05) is 6.04 Å². The first-order valence-electron chi connectivity index (χ1n) is 5.52. The first kappa shape index (κ1) is 12.2. The third-order valence-electron chi connectivity index (χ3n) is 2.96. The smallest absolute Gasteiger partial charge is 0.306 e. The van der Waals surface area contributed by atoms with Gasteiger partial charge in [0.25, 0.3) is 0 Å². The van der Waals surface area contributed by atoms with Crippen LogP contribution in [0.25, 0.3) is 0 Å². The first-order chi connectivity index (χ1) is 8.56. The topological polar surface area (TPSA) is 118 Å². The number of carboxylic acid groups (broad SMARTS) is 1. The van der Waals surface area contributed by atoms with Crippen LogP contribution in [0.4, 0.5) is 11.6 Å². The van der Waals surface area contributed by atoms with Crippen LogP contribution in [0.1, 0.15) is 19.3 Å². The fourth-order valence-electron chi connectivity index (χ4n) is 2.01. The number of carbonyl (C=O) groups is 1. The number of hydrogen-bond acceptors (Lipinski definition) is 6. The van der Waals surface area contributed by atoms with Crippen molar-refractivity contribution in [1.29, 1.82) is 0 Å². The van der Waals surface area contributed by atoms with Gasteiger partial charge in [-0.1, -0.05) is 0 Å². The SMILES string of the molecule is O=C(O)C1CCC(Nc2ncc([N+](=O)[O-])cn2)C1. The van der Waals surface area contributed by atoms with Crippen molar-refractivity contribution in [2.24, 2.45) is 5.92 Å². The van der Waals surface area contributed by atoms with E-state index >= 15 is 0 Å². The third kappa shape index (κ3) is 2.70. The second kappa shape index (κ2) is 4.94. The molecule has 96 valence electrons. The van der Waals surface area contributed by atoms with E-state index in [4.69, 9.17) is 5.11 Å². The van der Waals surface area contributed by atoms with Gasteiger partial charge >= 0.3 is 11.7 Å². The molecule has 0 bridgehead atoms. The molecule has 0 radical (unpaired) electrons. The van der Waals surface area contributed by atoms with Crippen molar-refractivity contribution < 1.29 is 14.8 Å². The summed E-state index contributed by atoms with van der Waals surface area (Å²) in [6, 6.07) is 0.00700. The largest absolute Gasteiger partial charge is 0.481 e. The molecule has 2 atom stereocenters. The highest BCUT2D eigenvalue weighted by Crippen LogP contribution is 2.27. The molecular formula is C10H12N4O4. The fourth-order valence-corrected chi connectivity index (χ4v) is 2.01. The zero-order valence-corrected chi connectivity index (χ0v) is 9.44. The quantitative estimate of drug-likeness (QED) is 0.607. The number of carboxylic acids is 1. The van der Waals surface area contributed by atoms with E-state index < -0.39 is 10.9 Å². The number of aromatic nitrogens is 2. The molecule has 1 aliphatic carbocycles. The maximum Gasteiger partial charge on any atom is 0.306 e. The molecule has 0 spiro atoms. The van der Waals surface area contributed by atoms with Gasteiger partial charge in [0.15, 0.2) is 0 Å². The Balaban J connectivity index is 1.94. The Kier molecular flexibility index (Phi) is 3.35. The fraction of sp³-hybridized carbons (Fsp3) is 0.500. The normalized spacial score (nSPS) is 22.7. The van der Waals surface area contributed by atoms with Gasteiger partial charge in [-0.25, -0.2) is 9.97 Å². The van der Waals surface area contributed by atoms with E-state index in [2.05, 4.69) is 15.3 Å². The predicted molar refractivity (Wildman–Crippen MR) is 61.1 cm³/mol. The standard InChI is InChI=1S/C10H12N4O4/c15-9(16)6-1-2-7(3-6)13-10-11-4-8(5-12-10)14(17)18/h4-7H,1-3H2,(H,15,16)(H,11,12,13). The summed E-state index contributed by atoms with van der Waals surface area (Å²) in [7, 11) is 0. The van der Waals surface area contributed by atoms with Gasteiger partial charge in [-0.2, -0.15) is 0 Å². The van der Waals surface area contributed by atoms with Gasteiger partial charge in [-0.15, -0.1) is 0 Å². The van der Waals surface area contributed by atoms with Crippen LogP contribution in [0.3, 0.4) is 0 Å². The molecule has 1 aromatic heterocycles. The number of rotatable bonds is 4. The summed E-state index contributed by atoms with van der Waals surface area (Å²) < 4.78 is 0. The highest BCUT2D eigenvalue weighted by molar-refractivity contribution is 5.70. The number of nitro groups is 1. The summed E-state index contributed by atoms with van der Waals surface area (Å²) in [4.78, 5) is 28.3. The second-order valence-corrected chi connectivity index (χ2v) is 4.21. The summed E-state index contributed by atoms with van der Waals surface area (Å²) in [6.07, 6.45) is 4.13. The van der Waals surface area contributed by atoms with Crippen LogP contribution in [0.2, 0.25) is 0 Å². The van der Waals surface area contributed by atoms with Crippen LogP contribution in [0.5, 0.6) is 0 Å². The van der Waals surface area contributed by atoms with Crippen molar-refractivity contribution in [3.63, 3.8) is 0 Å². The van der Waals surface area contributed by atoms with Crippen LogP contribution in [0, 0.1) is 16.0 Å². The van der Waals surface area contributed by atoms with Crippen molar-refractivity contribution in [1.82, 2.24) is 9.97 Å². The minimum Gasteiger partial charge on any atom is -0.481 e. The molecule has 8 nitrogen and oxygen atoms in total. The monoisotopic (exact) mass is 252 g/mol. The molecule has 1 saturated carbocycles. The lowest BCUT2D eigenvalue weighted by atomic mass is 10.1. The van der Waals surface area contributed by atoms with Gasteiger partial charge in [0.2, 0.25) is 5.95 Å². The van der Waals surface area contributed by atoms with E-state index in [1.807, 2.05) is 0 Å². The van der Waals surface area contributed by atoms with E-state index in [0.29, 0.717) is 12.8 Å². The molecule has 0 amide bonds. The number of hydrogen-bond donors (Lipinski definition) is 2. The molecule has 0 saturated heterocycles. The second-order valence-electron chi connectivity index (χ2n) is 4.21. The minimum atomic E-state index is -0.788. The predicted octanol–water partition coefficient (Wildman–Crippen LogP) is 1.05. The third-order valence-corrected chi connectivity index (χ3v) is 2.96. The molecular weight excluding hydrogens is 240 g/mol. The first-order valence-corrected chi connectivity index (χ1v) is 5.52. The molecule has 2 N–H and O–H groups in total. The molecule has 1 aromatic rings. The number of nitrogens with one attached hydrogen (secondary N) is 1. The van der Waals surface area contributed by atoms with Crippen LogP contribution < -0.4 is 5.32 Å². The van der Waals surface area contributed by atoms with Gasteiger partial charge in [0.1, 0.15) is 12.4 Å². The number of nitrogens with zero attached hydrogens (tertiary/aromatic N) is 3. The Hall–Kier alpha value is -2.25. The van der Waals surface area contributed by atoms with Crippen molar-refractivity contribution in [2.75, 3.05) is 5.32 Å². The van der Waals surface area contributed by atoms with E-state index in [9.17, 15) is 14.9 Å². The lowest BCUT2D eigenvalue weighted by molar-refractivity contribution is -0.385. The van der Waals surface area contributed by atoms with Crippen LogP contribution in [-0.4, -0.2) is 32.0 Å². The van der Waals surface area contributed by atoms with E-state index in [1.165, 1.54) is 0 Å². The molecule has 1 heterocycles. The maximum atomic E-state index is 10.8. The van der Waals surface area contributed by atoms with E-state index in [1.54, 1.807) is 0 Å². The Morgan fingerprint density at radius 2 is 2.11 bits per heavy atom. The number of aliphatic carboxylic acids is 1. The van der Waals surface area contributed by atoms with Crippen LogP contribution in [0.15, 0.2) is 12.4 Å². The average Bonchev–Trinajstić information content (AvgIpc) is 2.78. The minimum absolute atomic E-state index is 0.00700. The molecule has 1 aliphatic rings. The van der Waals surface area contributed by atoms with Gasteiger partial charge < -0.3 is 10.4 Å². The zero-order chi connectivity index (χ0) is 13.1. The molecule has 2 rings (SSSR count). The Morgan fingerprint density at radius 1 is 1.44 bits per heavy atom. The van der Waals surface area contributed by atoms with Gasteiger partial charge in [0.05, 0.1) is 10.8 Å². The summed E-state index contributed by atoms with van der Waals surface area (Å²) in [6.45, 7) is 0. The molecule has 0 aromatic carbocycles. The summed E-state index contributed by atoms with van der Waals surface area (Å²) >= 11 is 0. The molecule has 18 heavy (non-hydrogen) atoms. The Bertz CT molecular complexity index is 461. The lowest BCUT2D eigenvalue weighted by Crippen LogP contribution is -2.19. The van der Waals surface area contributed by atoms with Crippen molar-refractivity contribution in [2.45, 2.75) is 25.3 Å². The van der Waals surface area contributed by atoms with Crippen molar-refractivity contribution >= 4 is 17.6 Å². The van der Waals surface area contributed by atoms with Gasteiger partial charge in [-0.05, 0) is 19.3 Å². The molecule has 0 aliphatic heterocycles. The highest BCUT2D eigenvalue weighted by Gasteiger charge is 2.29. The van der Waals surface area contributed by atoms with Crippen molar-refractivity contribution in [3.05, 3.63) is 22.5 Å². The number of anilines is 1. The summed E-state index contributed by atoms with van der Waals surface area (Å²) in [5.74, 6) is -0.832. The molecule has 1 fully saturated rings. The van der Waals surface area contributed by atoms with Crippen LogP contribution in [-0.2, 0) is 4.79 Å². The maximum absolute atomic E-state index is 10.8. The molecule has 8 heteroatoms. The van der Waals surface area contributed by atoms with E-state index in [0.717, 1.165) is 18.8 Å². The van der Waals surface area contributed by atoms with Gasteiger partial charge in [-0.3, -0.25) is 14.9 Å². The van der Waals surface area contributed by atoms with E-state index in [-0.39, 0.29) is 23.6 Å². The van der Waals surface area contributed by atoms with Crippen LogP contribution >= 0.6 is 0 Å².